The lowest BCUT2D eigenvalue weighted by atomic mass is 10.1. The molecule has 0 saturated heterocycles. The van der Waals surface area contributed by atoms with Crippen LogP contribution in [-0.2, 0) is 14.8 Å². The van der Waals surface area contributed by atoms with Crippen LogP contribution in [0.5, 0.6) is 0 Å². The van der Waals surface area contributed by atoms with Gasteiger partial charge in [0, 0.05) is 12.8 Å². The summed E-state index contributed by atoms with van der Waals surface area (Å²) in [4.78, 5) is 0. The maximum absolute atomic E-state index is 11.0. The first-order chi connectivity index (χ1) is 6.07. The van der Waals surface area contributed by atoms with E-state index in [0.717, 1.165) is 24.2 Å². The third-order valence-electron chi connectivity index (χ3n) is 2.24. The van der Waals surface area contributed by atoms with Crippen molar-refractivity contribution in [3.63, 3.8) is 0 Å². The molecular weight excluding hydrogens is 190 g/mol. The van der Waals surface area contributed by atoms with E-state index in [1.165, 1.54) is 0 Å². The Balaban J connectivity index is 2.20. The molecule has 1 atom stereocenters. The van der Waals surface area contributed by atoms with Crippen LogP contribution in [-0.4, -0.2) is 13.9 Å². The van der Waals surface area contributed by atoms with Crippen LogP contribution < -0.4 is 5.14 Å². The van der Waals surface area contributed by atoms with Crippen molar-refractivity contribution < 1.29 is 13.2 Å². The summed E-state index contributed by atoms with van der Waals surface area (Å²) < 4.78 is 27.2. The van der Waals surface area contributed by atoms with Crippen LogP contribution >= 0.6 is 0 Å². The summed E-state index contributed by atoms with van der Waals surface area (Å²) in [5.41, 5.74) is 0.116. The van der Waals surface area contributed by atoms with Crippen molar-refractivity contribution in [2.45, 2.75) is 24.7 Å². The van der Waals surface area contributed by atoms with E-state index in [1.807, 2.05) is 12.2 Å². The summed E-state index contributed by atoms with van der Waals surface area (Å²) in [5.74, 6) is 0.793. The molecule has 0 saturated carbocycles. The van der Waals surface area contributed by atoms with E-state index in [1.54, 1.807) is 0 Å². The van der Waals surface area contributed by atoms with Gasteiger partial charge in [0.1, 0.15) is 5.76 Å². The van der Waals surface area contributed by atoms with Gasteiger partial charge in [-0.1, -0.05) is 12.2 Å². The molecule has 0 spiro atoms. The second kappa shape index (κ2) is 2.85. The van der Waals surface area contributed by atoms with E-state index >= 15 is 0 Å². The minimum atomic E-state index is -3.56. The fraction of sp³-hybridized carbons (Fsp3) is 0.500. The van der Waals surface area contributed by atoms with Gasteiger partial charge in [0.05, 0.1) is 0 Å². The summed E-state index contributed by atoms with van der Waals surface area (Å²) in [6.07, 6.45) is 6.04. The van der Waals surface area contributed by atoms with Crippen molar-refractivity contribution in [2.24, 2.45) is 5.14 Å². The average Bonchev–Trinajstić information content (AvgIpc) is 2.45. The zero-order valence-electron chi connectivity index (χ0n) is 7.06. The Bertz CT molecular complexity index is 380. The van der Waals surface area contributed by atoms with Crippen LogP contribution in [0.1, 0.15) is 19.3 Å². The molecule has 72 valence electrons. The molecule has 0 aromatic carbocycles. The van der Waals surface area contributed by atoms with Gasteiger partial charge < -0.3 is 4.74 Å². The Morgan fingerprint density at radius 2 is 2.31 bits per heavy atom. The highest BCUT2D eigenvalue weighted by atomic mass is 32.2. The molecule has 0 radical (unpaired) electrons. The first kappa shape index (κ1) is 8.77. The maximum atomic E-state index is 11.0. The highest BCUT2D eigenvalue weighted by Gasteiger charge is 2.32. The number of sulfonamides is 1. The van der Waals surface area contributed by atoms with Gasteiger partial charge in [0.15, 0.2) is 0 Å². The van der Waals surface area contributed by atoms with Crippen molar-refractivity contribution in [1.82, 2.24) is 0 Å². The number of primary sulfonamides is 1. The zero-order valence-corrected chi connectivity index (χ0v) is 7.88. The molecule has 4 nitrogen and oxygen atoms in total. The minimum Gasteiger partial charge on any atom is -0.477 e. The Morgan fingerprint density at radius 3 is 2.92 bits per heavy atom. The van der Waals surface area contributed by atoms with Crippen LogP contribution in [0.2, 0.25) is 0 Å². The molecule has 0 bridgehead atoms. The van der Waals surface area contributed by atoms with Crippen molar-refractivity contribution in [3.05, 3.63) is 23.5 Å². The van der Waals surface area contributed by atoms with E-state index in [4.69, 9.17) is 9.88 Å². The third-order valence-corrected chi connectivity index (χ3v) is 3.24. The largest absolute Gasteiger partial charge is 0.477 e. The lowest BCUT2D eigenvalue weighted by molar-refractivity contribution is 0.197. The van der Waals surface area contributed by atoms with Gasteiger partial charge in [-0.2, -0.15) is 0 Å². The van der Waals surface area contributed by atoms with Gasteiger partial charge in [-0.05, 0) is 12.0 Å². The van der Waals surface area contributed by atoms with Crippen LogP contribution in [0.4, 0.5) is 0 Å². The predicted molar refractivity (Wildman–Crippen MR) is 48.0 cm³/mol. The molecule has 0 amide bonds. The average molecular weight is 201 g/mol. The second-order valence-electron chi connectivity index (χ2n) is 3.23. The molecule has 1 heterocycles. The molecule has 0 aromatic rings. The van der Waals surface area contributed by atoms with E-state index in [2.05, 4.69) is 0 Å². The quantitative estimate of drug-likeness (QED) is 0.676. The molecule has 0 fully saturated rings. The molecule has 2 N–H and O–H groups in total. The third kappa shape index (κ3) is 1.62. The zero-order chi connectivity index (χ0) is 9.47. The number of hydrogen-bond acceptors (Lipinski definition) is 3. The first-order valence-corrected chi connectivity index (χ1v) is 5.75. The minimum absolute atomic E-state index is 0.394. The molecule has 13 heavy (non-hydrogen) atoms. The molecule has 1 unspecified atom stereocenters. The molecule has 0 aromatic heterocycles. The first-order valence-electron chi connectivity index (χ1n) is 4.14. The van der Waals surface area contributed by atoms with Gasteiger partial charge in [0.2, 0.25) is 15.5 Å². The number of allylic oxidation sites excluding steroid dienone is 3. The number of nitrogens with two attached hydrogens (primary N) is 1. The summed E-state index contributed by atoms with van der Waals surface area (Å²) in [6, 6.07) is 0. The van der Waals surface area contributed by atoms with Crippen molar-refractivity contribution >= 4 is 10.0 Å². The Labute approximate surface area is 77.1 Å². The van der Waals surface area contributed by atoms with Crippen LogP contribution in [0.15, 0.2) is 23.5 Å². The molecule has 1 aliphatic heterocycles. The summed E-state index contributed by atoms with van der Waals surface area (Å²) in [7, 11) is -3.56. The molecule has 5 heteroatoms. The van der Waals surface area contributed by atoms with E-state index in [9.17, 15) is 8.42 Å². The summed E-state index contributed by atoms with van der Waals surface area (Å²) in [5, 5.41) is 4.99. The number of ether oxygens (including phenoxy) is 1. The predicted octanol–water partition coefficient (Wildman–Crippen LogP) is 0.625. The molecule has 1 aliphatic carbocycles. The molecule has 2 aliphatic rings. The van der Waals surface area contributed by atoms with Crippen molar-refractivity contribution in [1.29, 1.82) is 0 Å². The Morgan fingerprint density at radius 1 is 1.54 bits per heavy atom. The molecule has 2 rings (SSSR count). The lowest BCUT2D eigenvalue weighted by Gasteiger charge is -2.10. The fourth-order valence-corrected chi connectivity index (χ4v) is 2.24. The number of hydrogen-bond donors (Lipinski definition) is 1. The number of rotatable bonds is 1. The van der Waals surface area contributed by atoms with Crippen molar-refractivity contribution in [2.75, 3.05) is 0 Å². The van der Waals surface area contributed by atoms with E-state index < -0.39 is 15.5 Å². The van der Waals surface area contributed by atoms with Gasteiger partial charge in [0.25, 0.3) is 0 Å². The second-order valence-corrected chi connectivity index (χ2v) is 4.93. The smallest absolute Gasteiger partial charge is 0.247 e. The normalized spacial score (nSPS) is 27.3. The van der Waals surface area contributed by atoms with E-state index in [0.29, 0.717) is 6.42 Å². The highest BCUT2D eigenvalue weighted by molar-refractivity contribution is 7.89. The van der Waals surface area contributed by atoms with E-state index in [-0.39, 0.29) is 0 Å². The fourth-order valence-electron chi connectivity index (χ4n) is 1.57. The van der Waals surface area contributed by atoms with Crippen molar-refractivity contribution in [3.8, 4) is 0 Å². The monoisotopic (exact) mass is 201 g/mol. The summed E-state index contributed by atoms with van der Waals surface area (Å²) >= 11 is 0. The summed E-state index contributed by atoms with van der Waals surface area (Å²) in [6.45, 7) is 0. The lowest BCUT2D eigenvalue weighted by Crippen LogP contribution is -2.28. The topological polar surface area (TPSA) is 69.4 Å². The highest BCUT2D eigenvalue weighted by Crippen LogP contribution is 2.33. The standard InChI is InChI=1S/C8H11NO3S/c9-13(10,11)8-5-6-3-1-2-4-7(6)12-8/h1,3,8H,2,4-5H2,(H2,9,10,11). The van der Waals surface area contributed by atoms with Crippen LogP contribution in [0.25, 0.3) is 0 Å². The van der Waals surface area contributed by atoms with Gasteiger partial charge in [-0.3, -0.25) is 0 Å². The van der Waals surface area contributed by atoms with Gasteiger partial charge in [-0.15, -0.1) is 0 Å². The molecular formula is C8H11NO3S. The Kier molecular flexibility index (Phi) is 1.92. The Hall–Kier alpha value is -0.810. The van der Waals surface area contributed by atoms with Gasteiger partial charge >= 0.3 is 0 Å². The SMILES string of the molecule is NS(=O)(=O)C1CC2=C(CCC=C2)O1. The maximum Gasteiger partial charge on any atom is 0.247 e. The van der Waals surface area contributed by atoms with Gasteiger partial charge in [-0.25, -0.2) is 13.6 Å². The van der Waals surface area contributed by atoms with Crippen LogP contribution in [0.3, 0.4) is 0 Å². The van der Waals surface area contributed by atoms with Crippen LogP contribution in [0, 0.1) is 0 Å².